The van der Waals surface area contributed by atoms with Crippen LogP contribution in [0.1, 0.15) is 32.6 Å². The summed E-state index contributed by atoms with van der Waals surface area (Å²) in [7, 11) is 0. The summed E-state index contributed by atoms with van der Waals surface area (Å²) in [6, 6.07) is 7.92. The van der Waals surface area contributed by atoms with Crippen LogP contribution in [0.15, 0.2) is 29.2 Å². The second kappa shape index (κ2) is 8.63. The van der Waals surface area contributed by atoms with Crippen LogP contribution in [0.4, 0.5) is 0 Å². The minimum absolute atomic E-state index is 0.00495. The molecule has 0 radical (unpaired) electrons. The van der Waals surface area contributed by atoms with Crippen LogP contribution in [0.25, 0.3) is 0 Å². The molecule has 2 saturated carbocycles. The summed E-state index contributed by atoms with van der Waals surface area (Å²) in [6.07, 6.45) is 4.07. The Balaban J connectivity index is 1.44. The van der Waals surface area contributed by atoms with E-state index in [9.17, 15) is 9.59 Å². The van der Waals surface area contributed by atoms with Gasteiger partial charge in [0.2, 0.25) is 5.91 Å². The van der Waals surface area contributed by atoms with Crippen LogP contribution >= 0.6 is 23.4 Å². The Labute approximate surface area is 163 Å². The summed E-state index contributed by atoms with van der Waals surface area (Å²) in [5.74, 6) is -0.108. The van der Waals surface area contributed by atoms with Gasteiger partial charge in [-0.1, -0.05) is 23.7 Å². The van der Waals surface area contributed by atoms with Gasteiger partial charge in [0.05, 0.1) is 16.8 Å². The van der Waals surface area contributed by atoms with E-state index in [2.05, 4.69) is 10.2 Å². The summed E-state index contributed by atoms with van der Waals surface area (Å²) < 4.78 is 0. The number of benzene rings is 1. The number of rotatable bonds is 9. The minimum Gasteiger partial charge on any atom is -0.480 e. The van der Waals surface area contributed by atoms with E-state index in [4.69, 9.17) is 16.7 Å². The largest absolute Gasteiger partial charge is 0.480 e. The Morgan fingerprint density at radius 2 is 2.04 bits per heavy atom. The molecule has 1 unspecified atom stereocenters. The van der Waals surface area contributed by atoms with E-state index >= 15 is 0 Å². The predicted octanol–water partition coefficient (Wildman–Crippen LogP) is 3.26. The molecule has 0 spiro atoms. The first-order valence-corrected chi connectivity index (χ1v) is 10.4. The number of amides is 1. The molecular weight excluding hydrogens is 372 g/mol. The third-order valence-electron chi connectivity index (χ3n) is 5.01. The Morgan fingerprint density at radius 3 is 2.65 bits per heavy atom. The number of carbonyl (C=O) groups is 2. The topological polar surface area (TPSA) is 69.6 Å². The molecule has 0 heterocycles. The molecule has 7 heteroatoms. The normalized spacial score (nSPS) is 23.3. The molecular formula is C19H25ClN2O3S. The maximum Gasteiger partial charge on any atom is 0.317 e. The smallest absolute Gasteiger partial charge is 0.317 e. The first-order chi connectivity index (χ1) is 12.4. The molecule has 3 rings (SSSR count). The zero-order chi connectivity index (χ0) is 18.7. The monoisotopic (exact) mass is 396 g/mol. The fourth-order valence-electron chi connectivity index (χ4n) is 3.26. The summed E-state index contributed by atoms with van der Waals surface area (Å²) in [4.78, 5) is 26.5. The van der Waals surface area contributed by atoms with Crippen molar-refractivity contribution >= 4 is 35.2 Å². The van der Waals surface area contributed by atoms with Gasteiger partial charge in [-0.05, 0) is 50.7 Å². The second-order valence-corrected chi connectivity index (χ2v) is 9.08. The van der Waals surface area contributed by atoms with Gasteiger partial charge in [0.15, 0.2) is 0 Å². The number of nitrogens with one attached hydrogen (secondary N) is 1. The van der Waals surface area contributed by atoms with E-state index in [1.807, 2.05) is 31.2 Å². The number of carboxylic acids is 1. The van der Waals surface area contributed by atoms with E-state index in [0.717, 1.165) is 24.3 Å². The Bertz CT molecular complexity index is 662. The number of halogens is 1. The molecule has 1 aromatic rings. The molecule has 2 aliphatic rings. The van der Waals surface area contributed by atoms with Crippen LogP contribution in [-0.2, 0) is 9.59 Å². The van der Waals surface area contributed by atoms with Crippen molar-refractivity contribution in [3.63, 3.8) is 0 Å². The van der Waals surface area contributed by atoms with Crippen molar-refractivity contribution in [2.75, 3.05) is 13.1 Å². The molecule has 2 N–H and O–H groups in total. The van der Waals surface area contributed by atoms with Gasteiger partial charge in [-0.2, -0.15) is 0 Å². The molecule has 1 amide bonds. The number of carbonyl (C=O) groups excluding carboxylic acids is 1. The lowest BCUT2D eigenvalue weighted by atomic mass is 9.85. The second-order valence-electron chi connectivity index (χ2n) is 7.29. The van der Waals surface area contributed by atoms with Gasteiger partial charge < -0.3 is 10.4 Å². The van der Waals surface area contributed by atoms with Crippen molar-refractivity contribution in [3.8, 4) is 0 Å². The molecule has 1 aromatic carbocycles. The molecule has 0 saturated heterocycles. The molecule has 0 aromatic heterocycles. The molecule has 26 heavy (non-hydrogen) atoms. The summed E-state index contributed by atoms with van der Waals surface area (Å²) >= 11 is 7.61. The van der Waals surface area contributed by atoms with E-state index in [1.165, 1.54) is 24.6 Å². The van der Waals surface area contributed by atoms with Gasteiger partial charge in [-0.15, -0.1) is 11.8 Å². The molecule has 1 atom stereocenters. The van der Waals surface area contributed by atoms with Crippen LogP contribution in [0.5, 0.6) is 0 Å². The predicted molar refractivity (Wildman–Crippen MR) is 104 cm³/mol. The van der Waals surface area contributed by atoms with Crippen LogP contribution in [0.2, 0.25) is 5.02 Å². The molecule has 5 nitrogen and oxygen atoms in total. The lowest BCUT2D eigenvalue weighted by Crippen LogP contribution is -2.56. The lowest BCUT2D eigenvalue weighted by Gasteiger charge is -2.43. The molecule has 2 fully saturated rings. The number of aliphatic carboxylic acids is 1. The highest BCUT2D eigenvalue weighted by Crippen LogP contribution is 2.34. The van der Waals surface area contributed by atoms with E-state index in [1.54, 1.807) is 0 Å². The summed E-state index contributed by atoms with van der Waals surface area (Å²) in [6.45, 7) is 2.85. The van der Waals surface area contributed by atoms with E-state index in [0.29, 0.717) is 10.9 Å². The first kappa shape index (κ1) is 19.5. The van der Waals surface area contributed by atoms with Gasteiger partial charge in [0.1, 0.15) is 0 Å². The van der Waals surface area contributed by atoms with Crippen LogP contribution < -0.4 is 5.32 Å². The first-order valence-electron chi connectivity index (χ1n) is 9.09. The van der Waals surface area contributed by atoms with Crippen molar-refractivity contribution in [2.45, 2.75) is 54.8 Å². The molecule has 0 aliphatic heterocycles. The van der Waals surface area contributed by atoms with E-state index < -0.39 is 5.97 Å². The van der Waals surface area contributed by atoms with Crippen LogP contribution in [-0.4, -0.2) is 52.3 Å². The van der Waals surface area contributed by atoms with Gasteiger partial charge in [-0.25, -0.2) is 0 Å². The summed E-state index contributed by atoms with van der Waals surface area (Å²) in [5, 5.41) is 12.6. The van der Waals surface area contributed by atoms with Crippen molar-refractivity contribution in [1.29, 1.82) is 0 Å². The van der Waals surface area contributed by atoms with Gasteiger partial charge >= 0.3 is 5.97 Å². The lowest BCUT2D eigenvalue weighted by molar-refractivity contribution is -0.140. The van der Waals surface area contributed by atoms with Crippen molar-refractivity contribution in [2.24, 2.45) is 5.92 Å². The zero-order valence-electron chi connectivity index (χ0n) is 14.9. The Morgan fingerprint density at radius 1 is 1.35 bits per heavy atom. The number of carboxylic acid groups (broad SMARTS) is 1. The average molecular weight is 397 g/mol. The summed E-state index contributed by atoms with van der Waals surface area (Å²) in [5.41, 5.74) is 0. The van der Waals surface area contributed by atoms with E-state index in [-0.39, 0.29) is 29.8 Å². The third kappa shape index (κ3) is 5.38. The number of hydrogen-bond acceptors (Lipinski definition) is 4. The van der Waals surface area contributed by atoms with Crippen molar-refractivity contribution < 1.29 is 14.7 Å². The average Bonchev–Trinajstić information content (AvgIpc) is 3.35. The standard InChI is InChI=1S/C19H25ClN2O3S/c1-12(26-17-5-3-2-4-16(17)20)19(25)21-14-8-15(9-14)22(11-18(23)24)10-13-6-7-13/h2-5,12-15H,6-11H2,1H3,(H,21,25)(H,23,24). The maximum atomic E-state index is 12.4. The fourth-order valence-corrected chi connectivity index (χ4v) is 4.42. The van der Waals surface area contributed by atoms with Gasteiger partial charge in [-0.3, -0.25) is 14.5 Å². The highest BCUT2D eigenvalue weighted by atomic mass is 35.5. The SMILES string of the molecule is CC(Sc1ccccc1Cl)C(=O)NC1CC(N(CC(=O)O)CC2CC2)C1. The Hall–Kier alpha value is -1.24. The zero-order valence-corrected chi connectivity index (χ0v) is 16.4. The highest BCUT2D eigenvalue weighted by Gasteiger charge is 2.38. The number of thioether (sulfide) groups is 1. The Kier molecular flexibility index (Phi) is 6.48. The molecule has 0 bridgehead atoms. The number of nitrogens with zero attached hydrogens (tertiary/aromatic N) is 1. The molecule has 2 aliphatic carbocycles. The quantitative estimate of drug-likeness (QED) is 0.627. The highest BCUT2D eigenvalue weighted by molar-refractivity contribution is 8.00. The minimum atomic E-state index is -0.775. The fraction of sp³-hybridized carbons (Fsp3) is 0.579. The van der Waals surface area contributed by atoms with Crippen molar-refractivity contribution in [3.05, 3.63) is 29.3 Å². The van der Waals surface area contributed by atoms with Crippen LogP contribution in [0, 0.1) is 5.92 Å². The van der Waals surface area contributed by atoms with Gasteiger partial charge in [0, 0.05) is 23.5 Å². The molecule has 142 valence electrons. The van der Waals surface area contributed by atoms with Crippen molar-refractivity contribution in [1.82, 2.24) is 10.2 Å². The third-order valence-corrected chi connectivity index (χ3v) is 6.63. The van der Waals surface area contributed by atoms with Gasteiger partial charge in [0.25, 0.3) is 0 Å². The van der Waals surface area contributed by atoms with Crippen LogP contribution in [0.3, 0.4) is 0 Å². The maximum absolute atomic E-state index is 12.4. The number of hydrogen-bond donors (Lipinski definition) is 2.